The van der Waals surface area contributed by atoms with E-state index in [2.05, 4.69) is 15.9 Å². The third-order valence-electron chi connectivity index (χ3n) is 2.76. The number of aryl methyl sites for hydroxylation is 1. The zero-order valence-electron chi connectivity index (χ0n) is 9.59. The Morgan fingerprint density at radius 2 is 1.89 bits per heavy atom. The molecule has 0 radical (unpaired) electrons. The Balaban J connectivity index is 2.31. The summed E-state index contributed by atoms with van der Waals surface area (Å²) in [6.45, 7) is 1.82. The molecular weight excluding hydrogens is 362 g/mol. The van der Waals surface area contributed by atoms with Crippen LogP contribution in [-0.2, 0) is 19.9 Å². The van der Waals surface area contributed by atoms with Crippen LogP contribution in [0.3, 0.4) is 0 Å². The Morgan fingerprint density at radius 3 is 2.33 bits per heavy atom. The maximum Gasteiger partial charge on any atom is 0.244 e. The van der Waals surface area contributed by atoms with Gasteiger partial charge < -0.3 is 0 Å². The average Bonchev–Trinajstić information content (AvgIpc) is 2.58. The Hall–Kier alpha value is 0.0400. The van der Waals surface area contributed by atoms with Gasteiger partial charge in [-0.1, -0.05) is 0 Å². The largest absolute Gasteiger partial charge is 0.244 e. The van der Waals surface area contributed by atoms with Crippen LogP contribution in [0.15, 0.2) is 14.7 Å². The first-order valence-electron chi connectivity index (χ1n) is 5.19. The number of hydrogen-bond donors (Lipinski definition) is 0. The van der Waals surface area contributed by atoms with E-state index in [1.54, 1.807) is 13.0 Å². The van der Waals surface area contributed by atoms with Crippen molar-refractivity contribution in [2.24, 2.45) is 0 Å². The van der Waals surface area contributed by atoms with Crippen LogP contribution in [0.2, 0.25) is 0 Å². The van der Waals surface area contributed by atoms with Crippen LogP contribution in [0, 0.1) is 6.92 Å². The molecule has 0 amide bonds. The van der Waals surface area contributed by atoms with Crippen molar-refractivity contribution < 1.29 is 16.8 Å². The molecule has 0 spiro atoms. The maximum atomic E-state index is 12.3. The molecule has 18 heavy (non-hydrogen) atoms. The molecule has 0 atom stereocenters. The van der Waals surface area contributed by atoms with Crippen molar-refractivity contribution in [1.29, 1.82) is 0 Å². The Morgan fingerprint density at radius 1 is 1.33 bits per heavy atom. The van der Waals surface area contributed by atoms with Crippen molar-refractivity contribution in [3.63, 3.8) is 0 Å². The predicted molar refractivity (Wildman–Crippen MR) is 74.2 cm³/mol. The molecule has 0 N–H and O–H groups in total. The van der Waals surface area contributed by atoms with E-state index in [-0.39, 0.29) is 29.5 Å². The third-order valence-corrected chi connectivity index (χ3v) is 8.08. The highest BCUT2D eigenvalue weighted by atomic mass is 79.9. The predicted octanol–water partition coefficient (Wildman–Crippen LogP) is 1.24. The van der Waals surface area contributed by atoms with Crippen LogP contribution in [-0.4, -0.2) is 45.7 Å². The minimum absolute atomic E-state index is 0.0393. The summed E-state index contributed by atoms with van der Waals surface area (Å²) in [5.41, 5.74) is 0. The summed E-state index contributed by atoms with van der Waals surface area (Å²) >= 11 is 4.61. The quantitative estimate of drug-likeness (QED) is 0.781. The second-order valence-electron chi connectivity index (χ2n) is 4.03. The maximum absolute atomic E-state index is 12.3. The number of thiophene rings is 1. The summed E-state index contributed by atoms with van der Waals surface area (Å²) in [4.78, 5) is 0.967. The molecule has 2 rings (SSSR count). The fourth-order valence-electron chi connectivity index (χ4n) is 1.76. The molecule has 0 aliphatic carbocycles. The standard InChI is InChI=1S/C9H12BrNO4S3/c1-7-8(6-9(10)16-7)18(14,15)11-2-4-17(12,13)5-3-11/h6H,2-5H2,1H3. The number of halogens is 1. The van der Waals surface area contributed by atoms with Crippen molar-refractivity contribution >= 4 is 47.1 Å². The van der Waals surface area contributed by atoms with E-state index in [9.17, 15) is 16.8 Å². The summed E-state index contributed by atoms with van der Waals surface area (Å²) in [5.74, 6) is -0.201. The van der Waals surface area contributed by atoms with Crippen molar-refractivity contribution in [2.45, 2.75) is 11.8 Å². The van der Waals surface area contributed by atoms with E-state index < -0.39 is 19.9 Å². The fourth-order valence-corrected chi connectivity index (χ4v) is 7.02. The molecule has 1 aliphatic heterocycles. The third kappa shape index (κ3) is 2.79. The van der Waals surface area contributed by atoms with E-state index in [1.165, 1.54) is 15.6 Å². The first-order valence-corrected chi connectivity index (χ1v) is 10.1. The number of sulfone groups is 1. The number of hydrogen-bond acceptors (Lipinski definition) is 5. The number of rotatable bonds is 2. The highest BCUT2D eigenvalue weighted by Crippen LogP contribution is 2.31. The van der Waals surface area contributed by atoms with Crippen LogP contribution < -0.4 is 0 Å². The van der Waals surface area contributed by atoms with Crippen molar-refractivity contribution in [3.05, 3.63) is 14.7 Å². The van der Waals surface area contributed by atoms with Gasteiger partial charge in [0, 0.05) is 18.0 Å². The molecular formula is C9H12BrNO4S3. The van der Waals surface area contributed by atoms with E-state index in [4.69, 9.17) is 0 Å². The minimum Gasteiger partial charge on any atom is -0.229 e. The van der Waals surface area contributed by atoms with Crippen molar-refractivity contribution in [2.75, 3.05) is 24.6 Å². The second kappa shape index (κ2) is 4.86. The molecule has 1 aromatic heterocycles. The average molecular weight is 374 g/mol. The van der Waals surface area contributed by atoms with Crippen LogP contribution in [0.5, 0.6) is 0 Å². The van der Waals surface area contributed by atoms with Crippen LogP contribution in [0.25, 0.3) is 0 Å². The molecule has 1 aliphatic rings. The lowest BCUT2D eigenvalue weighted by Gasteiger charge is -2.25. The van der Waals surface area contributed by atoms with Crippen molar-refractivity contribution in [3.8, 4) is 0 Å². The molecule has 9 heteroatoms. The molecule has 0 bridgehead atoms. The fraction of sp³-hybridized carbons (Fsp3) is 0.556. The van der Waals surface area contributed by atoms with Gasteiger partial charge in [0.25, 0.3) is 0 Å². The summed E-state index contributed by atoms with van der Waals surface area (Å²) < 4.78 is 49.3. The lowest BCUT2D eigenvalue weighted by molar-refractivity contribution is 0.430. The van der Waals surface area contributed by atoms with E-state index >= 15 is 0 Å². The zero-order chi connectivity index (χ0) is 13.6. The zero-order valence-corrected chi connectivity index (χ0v) is 13.6. The topological polar surface area (TPSA) is 71.5 Å². The van der Waals surface area contributed by atoms with Gasteiger partial charge in [-0.25, -0.2) is 16.8 Å². The van der Waals surface area contributed by atoms with Gasteiger partial charge in [0.2, 0.25) is 10.0 Å². The van der Waals surface area contributed by atoms with E-state index in [0.717, 1.165) is 3.79 Å². The van der Waals surface area contributed by atoms with Crippen LogP contribution >= 0.6 is 27.3 Å². The van der Waals surface area contributed by atoms with Gasteiger partial charge in [-0.2, -0.15) is 4.31 Å². The van der Waals surface area contributed by atoms with Gasteiger partial charge in [0.1, 0.15) is 0 Å². The highest BCUT2D eigenvalue weighted by Gasteiger charge is 2.32. The molecule has 1 saturated heterocycles. The molecule has 0 aromatic carbocycles. The first kappa shape index (κ1) is 14.4. The lowest BCUT2D eigenvalue weighted by atomic mass is 10.5. The van der Waals surface area contributed by atoms with Crippen molar-refractivity contribution in [1.82, 2.24) is 4.31 Å². The molecule has 1 aromatic rings. The lowest BCUT2D eigenvalue weighted by Crippen LogP contribution is -2.43. The minimum atomic E-state index is -3.57. The molecule has 102 valence electrons. The summed E-state index contributed by atoms with van der Waals surface area (Å²) in [7, 11) is -6.65. The summed E-state index contributed by atoms with van der Waals surface area (Å²) in [6.07, 6.45) is 0. The number of nitrogens with zero attached hydrogens (tertiary/aromatic N) is 1. The Kier molecular flexibility index (Phi) is 3.90. The summed E-state index contributed by atoms with van der Waals surface area (Å²) in [6, 6.07) is 1.57. The summed E-state index contributed by atoms with van der Waals surface area (Å²) in [5, 5.41) is 0. The van der Waals surface area contributed by atoms with E-state index in [1.807, 2.05) is 0 Å². The van der Waals surface area contributed by atoms with E-state index in [0.29, 0.717) is 4.88 Å². The van der Waals surface area contributed by atoms with Gasteiger partial charge in [-0.3, -0.25) is 0 Å². The first-order chi connectivity index (χ1) is 8.22. The van der Waals surface area contributed by atoms with Gasteiger partial charge >= 0.3 is 0 Å². The molecule has 5 nitrogen and oxygen atoms in total. The Labute approximate surface area is 119 Å². The van der Waals surface area contributed by atoms with Gasteiger partial charge in [-0.05, 0) is 28.9 Å². The highest BCUT2D eigenvalue weighted by molar-refractivity contribution is 9.11. The Bertz CT molecular complexity index is 648. The normalized spacial score (nSPS) is 21.0. The molecule has 2 heterocycles. The smallest absolute Gasteiger partial charge is 0.229 e. The van der Waals surface area contributed by atoms with Gasteiger partial charge in [-0.15, -0.1) is 11.3 Å². The SMILES string of the molecule is Cc1sc(Br)cc1S(=O)(=O)N1CCS(=O)(=O)CC1. The molecule has 0 unspecified atom stereocenters. The molecule has 1 fully saturated rings. The van der Waals surface area contributed by atoms with Gasteiger partial charge in [0.15, 0.2) is 9.84 Å². The monoisotopic (exact) mass is 373 g/mol. The van der Waals surface area contributed by atoms with Crippen LogP contribution in [0.4, 0.5) is 0 Å². The molecule has 0 saturated carbocycles. The van der Waals surface area contributed by atoms with Gasteiger partial charge in [0.05, 0.1) is 20.2 Å². The number of sulfonamides is 1. The van der Waals surface area contributed by atoms with Crippen LogP contribution in [0.1, 0.15) is 4.88 Å². The second-order valence-corrected chi connectivity index (χ2v) is 10.9.